The number of aryl methyl sites for hydroxylation is 1. The number of nitrogens with one attached hydrogen (secondary N) is 2. The van der Waals surface area contributed by atoms with Gasteiger partial charge in [0.1, 0.15) is 0 Å². The second kappa shape index (κ2) is 7.27. The molecule has 1 aromatic carbocycles. The number of nitrogens with zero attached hydrogens (tertiary/aromatic N) is 3. The van der Waals surface area contributed by atoms with Crippen LogP contribution in [0.15, 0.2) is 30.3 Å². The van der Waals surface area contributed by atoms with Crippen LogP contribution in [0.1, 0.15) is 35.3 Å². The summed E-state index contributed by atoms with van der Waals surface area (Å²) >= 11 is 0. The Bertz CT molecular complexity index is 844. The lowest BCUT2D eigenvalue weighted by molar-refractivity contribution is 0.0762. The normalized spacial score (nSPS) is 18.7. The summed E-state index contributed by atoms with van der Waals surface area (Å²) in [6.45, 7) is 5.83. The molecule has 1 spiro atoms. The second-order valence-electron chi connectivity index (χ2n) is 7.78. The molecule has 0 unspecified atom stereocenters. The summed E-state index contributed by atoms with van der Waals surface area (Å²) in [6, 6.07) is 9.75. The maximum atomic E-state index is 13.1. The third-order valence-corrected chi connectivity index (χ3v) is 5.87. The molecule has 3 heterocycles. The van der Waals surface area contributed by atoms with E-state index in [-0.39, 0.29) is 5.91 Å². The zero-order valence-corrected chi connectivity index (χ0v) is 16.1. The summed E-state index contributed by atoms with van der Waals surface area (Å²) < 4.78 is 0. The van der Waals surface area contributed by atoms with E-state index in [1.54, 1.807) is 0 Å². The third kappa shape index (κ3) is 3.67. The number of aromatic nitrogens is 2. The lowest BCUT2D eigenvalue weighted by Gasteiger charge is -2.33. The predicted molar refractivity (Wildman–Crippen MR) is 107 cm³/mol. The standard InChI is InChI=1S/C21H27N5O/c1-15-12-18(25-20(22-2)24-15)16-4-3-5-17(13-16)19(27)26-11-8-21(14-26)6-9-23-10-7-21/h3-5,12-13,23H,6-11,14H2,1-2H3,(H,22,24,25). The summed E-state index contributed by atoms with van der Waals surface area (Å²) in [5, 5.41) is 6.42. The van der Waals surface area contributed by atoms with Gasteiger partial charge in [-0.25, -0.2) is 9.97 Å². The van der Waals surface area contributed by atoms with Gasteiger partial charge in [-0.2, -0.15) is 0 Å². The van der Waals surface area contributed by atoms with Gasteiger partial charge >= 0.3 is 0 Å². The Labute approximate surface area is 160 Å². The van der Waals surface area contributed by atoms with Crippen molar-refractivity contribution in [3.05, 3.63) is 41.6 Å². The van der Waals surface area contributed by atoms with Crippen LogP contribution in [0, 0.1) is 12.3 Å². The molecule has 2 aliphatic rings. The number of carbonyl (C=O) groups is 1. The Kier molecular flexibility index (Phi) is 4.83. The Hall–Kier alpha value is -2.47. The van der Waals surface area contributed by atoms with Gasteiger partial charge in [-0.05, 0) is 62.9 Å². The molecule has 0 bridgehead atoms. The molecule has 1 aromatic heterocycles. The minimum atomic E-state index is 0.131. The zero-order chi connectivity index (χ0) is 18.9. The number of hydrogen-bond donors (Lipinski definition) is 2. The van der Waals surface area contributed by atoms with E-state index in [1.807, 2.05) is 49.2 Å². The highest BCUT2D eigenvalue weighted by atomic mass is 16.2. The summed E-state index contributed by atoms with van der Waals surface area (Å²) in [5.41, 5.74) is 3.73. The Morgan fingerprint density at radius 2 is 2.00 bits per heavy atom. The van der Waals surface area contributed by atoms with Crippen LogP contribution >= 0.6 is 0 Å². The van der Waals surface area contributed by atoms with Gasteiger partial charge in [0.15, 0.2) is 0 Å². The molecule has 27 heavy (non-hydrogen) atoms. The molecule has 0 atom stereocenters. The number of anilines is 1. The van der Waals surface area contributed by atoms with Crippen LogP contribution in [0.4, 0.5) is 5.95 Å². The summed E-state index contributed by atoms with van der Waals surface area (Å²) in [6.07, 6.45) is 3.46. The van der Waals surface area contributed by atoms with Gasteiger partial charge in [0.2, 0.25) is 5.95 Å². The van der Waals surface area contributed by atoms with Crippen molar-refractivity contribution >= 4 is 11.9 Å². The van der Waals surface area contributed by atoms with Gasteiger partial charge in [0.05, 0.1) is 5.69 Å². The van der Waals surface area contributed by atoms with Crippen molar-refractivity contribution in [2.45, 2.75) is 26.2 Å². The van der Waals surface area contributed by atoms with Crippen LogP contribution in [0.25, 0.3) is 11.3 Å². The van der Waals surface area contributed by atoms with E-state index in [2.05, 4.69) is 20.6 Å². The lowest BCUT2D eigenvalue weighted by atomic mass is 9.78. The van der Waals surface area contributed by atoms with E-state index in [0.717, 1.165) is 55.1 Å². The Morgan fingerprint density at radius 3 is 2.78 bits per heavy atom. The first kappa shape index (κ1) is 17.9. The summed E-state index contributed by atoms with van der Waals surface area (Å²) in [7, 11) is 1.81. The maximum absolute atomic E-state index is 13.1. The first-order chi connectivity index (χ1) is 13.1. The van der Waals surface area contributed by atoms with Crippen molar-refractivity contribution in [1.29, 1.82) is 0 Å². The number of rotatable bonds is 3. The fourth-order valence-electron chi connectivity index (χ4n) is 4.30. The summed E-state index contributed by atoms with van der Waals surface area (Å²) in [5.74, 6) is 0.723. The van der Waals surface area contributed by atoms with Crippen molar-refractivity contribution in [3.63, 3.8) is 0 Å². The van der Waals surface area contributed by atoms with E-state index < -0.39 is 0 Å². The molecule has 2 fully saturated rings. The molecule has 1 amide bonds. The number of piperidine rings is 1. The van der Waals surface area contributed by atoms with Crippen molar-refractivity contribution in [1.82, 2.24) is 20.2 Å². The van der Waals surface area contributed by atoms with Crippen LogP contribution in [-0.2, 0) is 0 Å². The van der Waals surface area contributed by atoms with Crippen molar-refractivity contribution < 1.29 is 4.79 Å². The molecule has 6 heteroatoms. The van der Waals surface area contributed by atoms with Crippen molar-refractivity contribution in [2.24, 2.45) is 5.41 Å². The van der Waals surface area contributed by atoms with E-state index in [0.29, 0.717) is 11.4 Å². The minimum Gasteiger partial charge on any atom is -0.357 e. The van der Waals surface area contributed by atoms with E-state index in [9.17, 15) is 4.79 Å². The van der Waals surface area contributed by atoms with Gasteiger partial charge in [-0.15, -0.1) is 0 Å². The topological polar surface area (TPSA) is 70.2 Å². The monoisotopic (exact) mass is 365 g/mol. The van der Waals surface area contributed by atoms with E-state index in [4.69, 9.17) is 0 Å². The average Bonchev–Trinajstić information content (AvgIpc) is 3.10. The molecule has 6 nitrogen and oxygen atoms in total. The number of likely N-dealkylation sites (tertiary alicyclic amines) is 1. The predicted octanol–water partition coefficient (Wildman–Crippen LogP) is 2.71. The number of benzene rings is 1. The fraction of sp³-hybridized carbons (Fsp3) is 0.476. The fourth-order valence-corrected chi connectivity index (χ4v) is 4.30. The average molecular weight is 365 g/mol. The minimum absolute atomic E-state index is 0.131. The molecule has 0 aliphatic carbocycles. The third-order valence-electron chi connectivity index (χ3n) is 5.87. The van der Waals surface area contributed by atoms with E-state index >= 15 is 0 Å². The van der Waals surface area contributed by atoms with Crippen LogP contribution in [0.5, 0.6) is 0 Å². The molecule has 2 aliphatic heterocycles. The Morgan fingerprint density at radius 1 is 1.19 bits per heavy atom. The molecule has 142 valence electrons. The smallest absolute Gasteiger partial charge is 0.253 e. The highest BCUT2D eigenvalue weighted by Gasteiger charge is 2.40. The maximum Gasteiger partial charge on any atom is 0.253 e. The highest BCUT2D eigenvalue weighted by Crippen LogP contribution is 2.39. The summed E-state index contributed by atoms with van der Waals surface area (Å²) in [4.78, 5) is 24.0. The quantitative estimate of drug-likeness (QED) is 0.875. The molecule has 2 saturated heterocycles. The molecule has 0 saturated carbocycles. The zero-order valence-electron chi connectivity index (χ0n) is 16.1. The molecule has 4 rings (SSSR count). The van der Waals surface area contributed by atoms with Crippen LogP contribution in [0.2, 0.25) is 0 Å². The SMILES string of the molecule is CNc1nc(C)cc(-c2cccc(C(=O)N3CCC4(CCNCC4)C3)c2)n1. The molecular weight excluding hydrogens is 338 g/mol. The number of amides is 1. The van der Waals surface area contributed by atoms with E-state index in [1.165, 1.54) is 12.8 Å². The van der Waals surface area contributed by atoms with Crippen LogP contribution in [0.3, 0.4) is 0 Å². The first-order valence-corrected chi connectivity index (χ1v) is 9.72. The molecular formula is C21H27N5O. The Balaban J connectivity index is 1.56. The van der Waals surface area contributed by atoms with Crippen LogP contribution < -0.4 is 10.6 Å². The van der Waals surface area contributed by atoms with Crippen LogP contribution in [-0.4, -0.2) is 54.0 Å². The molecule has 2 N–H and O–H groups in total. The second-order valence-corrected chi connectivity index (χ2v) is 7.78. The lowest BCUT2D eigenvalue weighted by Crippen LogP contribution is -2.39. The number of carbonyl (C=O) groups excluding carboxylic acids is 1. The van der Waals surface area contributed by atoms with Crippen molar-refractivity contribution in [2.75, 3.05) is 38.5 Å². The van der Waals surface area contributed by atoms with Crippen molar-refractivity contribution in [3.8, 4) is 11.3 Å². The molecule has 2 aromatic rings. The number of hydrogen-bond acceptors (Lipinski definition) is 5. The van der Waals surface area contributed by atoms with Gasteiger partial charge in [-0.1, -0.05) is 12.1 Å². The molecule has 0 radical (unpaired) electrons. The largest absolute Gasteiger partial charge is 0.357 e. The van der Waals surface area contributed by atoms with Gasteiger partial charge in [-0.3, -0.25) is 4.79 Å². The van der Waals surface area contributed by atoms with Gasteiger partial charge in [0.25, 0.3) is 5.91 Å². The van der Waals surface area contributed by atoms with Gasteiger partial charge < -0.3 is 15.5 Å². The van der Waals surface area contributed by atoms with Gasteiger partial charge in [0, 0.05) is 37.0 Å². The highest BCUT2D eigenvalue weighted by molar-refractivity contribution is 5.95. The first-order valence-electron chi connectivity index (χ1n) is 9.72.